The summed E-state index contributed by atoms with van der Waals surface area (Å²) in [4.78, 5) is 15.3. The van der Waals surface area contributed by atoms with E-state index >= 15 is 0 Å². The maximum atomic E-state index is 11.6. The minimum Gasteiger partial charge on any atom is -0.496 e. The first-order valence-electron chi connectivity index (χ1n) is 5.96. The fourth-order valence-corrected chi connectivity index (χ4v) is 1.92. The van der Waals surface area contributed by atoms with Gasteiger partial charge in [-0.05, 0) is 18.6 Å². The second-order valence-corrected chi connectivity index (χ2v) is 4.32. The van der Waals surface area contributed by atoms with Crippen LogP contribution in [0.3, 0.4) is 0 Å². The van der Waals surface area contributed by atoms with Crippen LogP contribution < -0.4 is 10.4 Å². The van der Waals surface area contributed by atoms with E-state index in [-0.39, 0.29) is 12.2 Å². The van der Waals surface area contributed by atoms with E-state index in [2.05, 4.69) is 4.98 Å². The first-order chi connectivity index (χ1) is 9.11. The van der Waals surface area contributed by atoms with E-state index in [9.17, 15) is 9.90 Å². The molecule has 5 nitrogen and oxygen atoms in total. The number of ether oxygens (including phenoxy) is 1. The number of nitrogens with zero attached hydrogens (tertiary/aromatic N) is 2. The van der Waals surface area contributed by atoms with E-state index in [0.29, 0.717) is 11.3 Å². The van der Waals surface area contributed by atoms with E-state index in [1.54, 1.807) is 25.4 Å². The van der Waals surface area contributed by atoms with Crippen LogP contribution in [0.2, 0.25) is 0 Å². The minimum absolute atomic E-state index is 0.147. The molecule has 1 heterocycles. The molecule has 100 valence electrons. The van der Waals surface area contributed by atoms with Crippen molar-refractivity contribution in [2.24, 2.45) is 0 Å². The average molecular weight is 260 g/mol. The summed E-state index contributed by atoms with van der Waals surface area (Å²) < 4.78 is 6.59. The number of aliphatic hydroxyl groups excluding tert-OH is 1. The third-order valence-corrected chi connectivity index (χ3v) is 2.85. The van der Waals surface area contributed by atoms with Gasteiger partial charge in [-0.25, -0.2) is 9.78 Å². The van der Waals surface area contributed by atoms with Crippen molar-refractivity contribution in [3.05, 3.63) is 58.3 Å². The van der Waals surface area contributed by atoms with Crippen molar-refractivity contribution in [2.45, 2.75) is 19.6 Å². The largest absolute Gasteiger partial charge is 0.496 e. The van der Waals surface area contributed by atoms with Crippen molar-refractivity contribution in [1.82, 2.24) is 9.55 Å². The molecule has 0 spiro atoms. The van der Waals surface area contributed by atoms with E-state index in [0.717, 1.165) is 5.56 Å². The van der Waals surface area contributed by atoms with Crippen molar-refractivity contribution in [2.75, 3.05) is 7.11 Å². The van der Waals surface area contributed by atoms with Crippen molar-refractivity contribution in [3.8, 4) is 5.75 Å². The molecule has 1 atom stereocenters. The number of aromatic nitrogens is 2. The second-order valence-electron chi connectivity index (χ2n) is 4.32. The van der Waals surface area contributed by atoms with Crippen molar-refractivity contribution >= 4 is 0 Å². The molecule has 0 aliphatic heterocycles. The van der Waals surface area contributed by atoms with Gasteiger partial charge in [-0.2, -0.15) is 0 Å². The van der Waals surface area contributed by atoms with Crippen LogP contribution in [0.25, 0.3) is 0 Å². The number of aliphatic hydroxyl groups is 1. The Balaban J connectivity index is 2.28. The van der Waals surface area contributed by atoms with E-state index in [4.69, 9.17) is 4.74 Å². The van der Waals surface area contributed by atoms with Crippen molar-refractivity contribution in [3.63, 3.8) is 0 Å². The number of para-hydroxylation sites is 1. The van der Waals surface area contributed by atoms with Gasteiger partial charge in [0.05, 0.1) is 13.7 Å². The summed E-state index contributed by atoms with van der Waals surface area (Å²) in [5.41, 5.74) is 1.14. The molecule has 19 heavy (non-hydrogen) atoms. The van der Waals surface area contributed by atoms with Gasteiger partial charge in [0.25, 0.3) is 0 Å². The van der Waals surface area contributed by atoms with Crippen molar-refractivity contribution in [1.29, 1.82) is 0 Å². The molecule has 0 bridgehead atoms. The van der Waals surface area contributed by atoms with Crippen LogP contribution in [-0.2, 0) is 6.54 Å². The average Bonchev–Trinajstić information content (AvgIpc) is 2.42. The molecular formula is C14H16N2O3. The molecule has 5 heteroatoms. The van der Waals surface area contributed by atoms with Crippen LogP contribution in [-0.4, -0.2) is 21.8 Å². The van der Waals surface area contributed by atoms with Gasteiger partial charge in [-0.3, -0.25) is 4.57 Å². The standard InChI is InChI=1S/C14H16N2O3/c1-10-7-15-14(18)16(8-10)9-12(17)11-5-3-4-6-13(11)19-2/h3-8,12,17H,9H2,1-2H3. The number of hydrogen-bond donors (Lipinski definition) is 1. The van der Waals surface area contributed by atoms with Crippen LogP contribution in [0.5, 0.6) is 5.75 Å². The number of rotatable bonds is 4. The predicted molar refractivity (Wildman–Crippen MR) is 71.2 cm³/mol. The summed E-state index contributed by atoms with van der Waals surface area (Å²) >= 11 is 0. The van der Waals surface area contributed by atoms with Crippen LogP contribution in [0.4, 0.5) is 0 Å². The summed E-state index contributed by atoms with van der Waals surface area (Å²) in [6.07, 6.45) is 2.36. The quantitative estimate of drug-likeness (QED) is 0.899. The molecule has 2 aromatic rings. The highest BCUT2D eigenvalue weighted by molar-refractivity contribution is 5.34. The Morgan fingerprint density at radius 3 is 2.89 bits per heavy atom. The lowest BCUT2D eigenvalue weighted by Gasteiger charge is -2.15. The Bertz CT molecular complexity index is 622. The molecule has 2 rings (SSSR count). The highest BCUT2D eigenvalue weighted by Crippen LogP contribution is 2.25. The fourth-order valence-electron chi connectivity index (χ4n) is 1.92. The molecular weight excluding hydrogens is 244 g/mol. The van der Waals surface area contributed by atoms with Gasteiger partial charge in [0.2, 0.25) is 0 Å². The SMILES string of the molecule is COc1ccccc1C(O)Cn1cc(C)cnc1=O. The van der Waals surface area contributed by atoms with E-state index in [1.807, 2.05) is 19.1 Å². The maximum absolute atomic E-state index is 11.6. The Labute approximate surface area is 111 Å². The Morgan fingerprint density at radius 1 is 1.42 bits per heavy atom. The molecule has 0 aliphatic carbocycles. The van der Waals surface area contributed by atoms with Crippen LogP contribution in [0, 0.1) is 6.92 Å². The molecule has 0 saturated carbocycles. The van der Waals surface area contributed by atoms with Gasteiger partial charge < -0.3 is 9.84 Å². The van der Waals surface area contributed by atoms with Gasteiger partial charge in [0.1, 0.15) is 11.9 Å². The second kappa shape index (κ2) is 5.67. The smallest absolute Gasteiger partial charge is 0.347 e. The van der Waals surface area contributed by atoms with Crippen LogP contribution in [0.1, 0.15) is 17.2 Å². The Hall–Kier alpha value is -2.14. The zero-order chi connectivity index (χ0) is 13.8. The third kappa shape index (κ3) is 3.00. The molecule has 1 aromatic heterocycles. The zero-order valence-corrected chi connectivity index (χ0v) is 10.9. The summed E-state index contributed by atoms with van der Waals surface area (Å²) in [7, 11) is 1.55. The molecule has 1 aromatic carbocycles. The number of benzene rings is 1. The lowest BCUT2D eigenvalue weighted by molar-refractivity contribution is 0.150. The van der Waals surface area contributed by atoms with Crippen LogP contribution >= 0.6 is 0 Å². The molecule has 0 fully saturated rings. The summed E-state index contributed by atoms with van der Waals surface area (Å²) in [6, 6.07) is 7.20. The lowest BCUT2D eigenvalue weighted by Crippen LogP contribution is -2.25. The minimum atomic E-state index is -0.822. The molecule has 0 amide bonds. The van der Waals surface area contributed by atoms with Gasteiger partial charge in [-0.15, -0.1) is 0 Å². The zero-order valence-electron chi connectivity index (χ0n) is 10.9. The highest BCUT2D eigenvalue weighted by atomic mass is 16.5. The first-order valence-corrected chi connectivity index (χ1v) is 5.96. The van der Waals surface area contributed by atoms with Gasteiger partial charge >= 0.3 is 5.69 Å². The summed E-state index contributed by atoms with van der Waals surface area (Å²) in [5.74, 6) is 0.601. The fraction of sp³-hybridized carbons (Fsp3) is 0.286. The van der Waals surface area contributed by atoms with Gasteiger partial charge in [0.15, 0.2) is 0 Å². The van der Waals surface area contributed by atoms with Crippen molar-refractivity contribution < 1.29 is 9.84 Å². The highest BCUT2D eigenvalue weighted by Gasteiger charge is 2.14. The maximum Gasteiger partial charge on any atom is 0.347 e. The number of aryl methyl sites for hydroxylation is 1. The summed E-state index contributed by atoms with van der Waals surface area (Å²) in [5, 5.41) is 10.2. The molecule has 0 radical (unpaired) electrons. The van der Waals surface area contributed by atoms with Gasteiger partial charge in [-0.1, -0.05) is 18.2 Å². The molecule has 0 saturated heterocycles. The lowest BCUT2D eigenvalue weighted by atomic mass is 10.1. The molecule has 1 N–H and O–H groups in total. The normalized spacial score (nSPS) is 12.2. The Morgan fingerprint density at radius 2 is 2.16 bits per heavy atom. The van der Waals surface area contributed by atoms with Gasteiger partial charge in [0, 0.05) is 18.0 Å². The van der Waals surface area contributed by atoms with Crippen LogP contribution in [0.15, 0.2) is 41.5 Å². The summed E-state index contributed by atoms with van der Waals surface area (Å²) in [6.45, 7) is 1.99. The number of hydrogen-bond acceptors (Lipinski definition) is 4. The molecule has 1 unspecified atom stereocenters. The number of methoxy groups -OCH3 is 1. The molecule has 0 aliphatic rings. The topological polar surface area (TPSA) is 64.3 Å². The predicted octanol–water partition coefficient (Wildman–Crippen LogP) is 1.29. The van der Waals surface area contributed by atoms with E-state index in [1.165, 1.54) is 10.8 Å². The monoisotopic (exact) mass is 260 g/mol. The van der Waals surface area contributed by atoms with E-state index < -0.39 is 6.10 Å². The third-order valence-electron chi connectivity index (χ3n) is 2.85. The first kappa shape index (κ1) is 13.3. The Kier molecular flexibility index (Phi) is 3.97.